The lowest BCUT2D eigenvalue weighted by Gasteiger charge is -2.22. The minimum atomic E-state index is -1.05. The number of carbonyl (C=O) groups excluding carboxylic acids is 2. The fourth-order valence-electron chi connectivity index (χ4n) is 3.18. The van der Waals surface area contributed by atoms with Crippen LogP contribution in [0.3, 0.4) is 0 Å². The van der Waals surface area contributed by atoms with Crippen molar-refractivity contribution in [3.8, 4) is 10.6 Å². The van der Waals surface area contributed by atoms with E-state index >= 15 is 0 Å². The summed E-state index contributed by atoms with van der Waals surface area (Å²) in [6.45, 7) is 3.89. The quantitative estimate of drug-likeness (QED) is 0.697. The van der Waals surface area contributed by atoms with E-state index < -0.39 is 11.6 Å². The first-order valence-corrected chi connectivity index (χ1v) is 9.56. The van der Waals surface area contributed by atoms with Gasteiger partial charge in [0, 0.05) is 10.9 Å². The Hall–Kier alpha value is -2.99. The van der Waals surface area contributed by atoms with Crippen LogP contribution in [-0.2, 0) is 16.9 Å². The summed E-state index contributed by atoms with van der Waals surface area (Å²) in [4.78, 5) is 31.3. The maximum atomic E-state index is 13.0. The molecule has 6 heteroatoms. The van der Waals surface area contributed by atoms with Gasteiger partial charge in [-0.05, 0) is 19.4 Å². The van der Waals surface area contributed by atoms with Crippen LogP contribution in [0, 0.1) is 6.92 Å². The molecule has 3 aromatic rings. The highest BCUT2D eigenvalue weighted by Crippen LogP contribution is 2.31. The normalized spacial score (nSPS) is 19.4. The number of nitrogens with one attached hydrogen (secondary N) is 1. The number of rotatable bonds is 4. The van der Waals surface area contributed by atoms with E-state index in [1.54, 1.807) is 6.92 Å². The number of aryl methyl sites for hydroxylation is 1. The fraction of sp³-hybridized carbons (Fsp3) is 0.190. The van der Waals surface area contributed by atoms with Gasteiger partial charge in [0.15, 0.2) is 0 Å². The average molecular weight is 377 g/mol. The monoisotopic (exact) mass is 377 g/mol. The summed E-state index contributed by atoms with van der Waals surface area (Å²) >= 11 is 1.51. The highest BCUT2D eigenvalue weighted by atomic mass is 32.1. The van der Waals surface area contributed by atoms with Crippen LogP contribution in [-0.4, -0.2) is 21.8 Å². The fourth-order valence-corrected chi connectivity index (χ4v) is 4.00. The van der Waals surface area contributed by atoms with Crippen molar-refractivity contribution in [1.82, 2.24) is 15.2 Å². The van der Waals surface area contributed by atoms with Crippen LogP contribution in [0.1, 0.15) is 23.7 Å². The summed E-state index contributed by atoms with van der Waals surface area (Å²) in [7, 11) is 0. The number of carbonyl (C=O) groups is 2. The first kappa shape index (κ1) is 17.4. The van der Waals surface area contributed by atoms with Crippen molar-refractivity contribution < 1.29 is 9.59 Å². The molecule has 136 valence electrons. The van der Waals surface area contributed by atoms with Crippen molar-refractivity contribution in [1.29, 1.82) is 0 Å². The van der Waals surface area contributed by atoms with Gasteiger partial charge < -0.3 is 5.32 Å². The SMILES string of the molecule is Cc1ccc(C2(C)NC(=O)N(Cc3csc(-c4ccccc4)n3)C2=O)cc1. The molecule has 1 aliphatic heterocycles. The number of hydrogen-bond donors (Lipinski definition) is 1. The van der Waals surface area contributed by atoms with E-state index in [0.29, 0.717) is 5.69 Å². The number of aromatic nitrogens is 1. The smallest absolute Gasteiger partial charge is 0.319 e. The van der Waals surface area contributed by atoms with Gasteiger partial charge in [-0.2, -0.15) is 0 Å². The summed E-state index contributed by atoms with van der Waals surface area (Å²) in [6.07, 6.45) is 0. The molecule has 2 heterocycles. The molecular weight excluding hydrogens is 358 g/mol. The van der Waals surface area contributed by atoms with Crippen molar-refractivity contribution in [2.24, 2.45) is 0 Å². The lowest BCUT2D eigenvalue weighted by Crippen LogP contribution is -2.40. The zero-order valence-electron chi connectivity index (χ0n) is 15.1. The molecule has 0 aliphatic carbocycles. The van der Waals surface area contributed by atoms with Crippen LogP contribution in [0.5, 0.6) is 0 Å². The molecule has 0 bridgehead atoms. The van der Waals surface area contributed by atoms with Crippen molar-refractivity contribution in [2.75, 3.05) is 0 Å². The molecule has 2 aromatic carbocycles. The predicted molar refractivity (Wildman–Crippen MR) is 105 cm³/mol. The molecule has 1 saturated heterocycles. The first-order chi connectivity index (χ1) is 13.0. The standard InChI is InChI=1S/C21H19N3O2S/c1-14-8-10-16(11-9-14)21(2)19(25)24(20(26)23-21)12-17-13-27-18(22-17)15-6-4-3-5-7-15/h3-11,13H,12H2,1-2H3,(H,23,26). The molecule has 27 heavy (non-hydrogen) atoms. The molecule has 0 radical (unpaired) electrons. The Kier molecular flexibility index (Phi) is 4.28. The van der Waals surface area contributed by atoms with Gasteiger partial charge in [-0.25, -0.2) is 9.78 Å². The number of imide groups is 1. The summed E-state index contributed by atoms with van der Waals surface area (Å²) in [5.74, 6) is -0.259. The van der Waals surface area contributed by atoms with E-state index in [-0.39, 0.29) is 12.5 Å². The second-order valence-corrected chi connectivity index (χ2v) is 7.68. The summed E-state index contributed by atoms with van der Waals surface area (Å²) < 4.78 is 0. The third-order valence-corrected chi connectivity index (χ3v) is 5.74. The number of benzene rings is 2. The molecule has 1 aliphatic rings. The van der Waals surface area contributed by atoms with Crippen molar-refractivity contribution >= 4 is 23.3 Å². The first-order valence-electron chi connectivity index (χ1n) is 8.68. The minimum absolute atomic E-state index is 0.162. The van der Waals surface area contributed by atoms with Gasteiger partial charge in [0.05, 0.1) is 12.2 Å². The van der Waals surface area contributed by atoms with Gasteiger partial charge in [-0.15, -0.1) is 11.3 Å². The molecule has 5 nitrogen and oxygen atoms in total. The number of amides is 3. The summed E-state index contributed by atoms with van der Waals surface area (Å²) in [6, 6.07) is 17.1. The Balaban J connectivity index is 1.56. The van der Waals surface area contributed by atoms with Crippen LogP contribution in [0.25, 0.3) is 10.6 Å². The molecule has 1 atom stereocenters. The van der Waals surface area contributed by atoms with Crippen LogP contribution in [0.15, 0.2) is 60.0 Å². The van der Waals surface area contributed by atoms with Gasteiger partial charge >= 0.3 is 6.03 Å². The third kappa shape index (κ3) is 3.13. The number of hydrogen-bond acceptors (Lipinski definition) is 4. The van der Waals surface area contributed by atoms with Crippen LogP contribution >= 0.6 is 11.3 Å². The van der Waals surface area contributed by atoms with Gasteiger partial charge in [0.1, 0.15) is 10.5 Å². The van der Waals surface area contributed by atoms with Gasteiger partial charge in [0.25, 0.3) is 5.91 Å². The second kappa shape index (κ2) is 6.63. The maximum absolute atomic E-state index is 13.0. The molecule has 0 spiro atoms. The van der Waals surface area contributed by atoms with Crippen LogP contribution < -0.4 is 5.32 Å². The molecule has 1 fully saturated rings. The van der Waals surface area contributed by atoms with E-state index in [1.165, 1.54) is 16.2 Å². The van der Waals surface area contributed by atoms with Gasteiger partial charge in [-0.1, -0.05) is 60.2 Å². The Labute approximate surface area is 161 Å². The zero-order valence-corrected chi connectivity index (χ0v) is 15.9. The van der Waals surface area contributed by atoms with E-state index in [2.05, 4.69) is 10.3 Å². The largest absolute Gasteiger partial charge is 0.325 e. The number of urea groups is 1. The highest BCUT2D eigenvalue weighted by Gasteiger charge is 2.49. The topological polar surface area (TPSA) is 62.3 Å². The highest BCUT2D eigenvalue weighted by molar-refractivity contribution is 7.13. The Bertz CT molecular complexity index is 998. The lowest BCUT2D eigenvalue weighted by atomic mass is 9.91. The zero-order chi connectivity index (χ0) is 19.0. The lowest BCUT2D eigenvalue weighted by molar-refractivity contribution is -0.131. The summed E-state index contributed by atoms with van der Waals surface area (Å²) in [5, 5.41) is 5.60. The van der Waals surface area contributed by atoms with Crippen molar-refractivity contribution in [3.63, 3.8) is 0 Å². The van der Waals surface area contributed by atoms with E-state index in [0.717, 1.165) is 21.7 Å². The second-order valence-electron chi connectivity index (χ2n) is 6.82. The van der Waals surface area contributed by atoms with Gasteiger partial charge in [0.2, 0.25) is 0 Å². The predicted octanol–water partition coefficient (Wildman–Crippen LogP) is 4.09. The van der Waals surface area contributed by atoms with Crippen molar-refractivity contribution in [3.05, 3.63) is 76.8 Å². The molecule has 3 amide bonds. The van der Waals surface area contributed by atoms with Crippen molar-refractivity contribution in [2.45, 2.75) is 25.9 Å². The van der Waals surface area contributed by atoms with Crippen LogP contribution in [0.2, 0.25) is 0 Å². The average Bonchev–Trinajstić information content (AvgIpc) is 3.22. The third-order valence-electron chi connectivity index (χ3n) is 4.80. The van der Waals surface area contributed by atoms with E-state index in [4.69, 9.17) is 0 Å². The number of nitrogens with zero attached hydrogens (tertiary/aromatic N) is 2. The summed E-state index contributed by atoms with van der Waals surface area (Å²) in [5.41, 5.74) is 2.55. The Morgan fingerprint density at radius 1 is 1.07 bits per heavy atom. The van der Waals surface area contributed by atoms with E-state index in [9.17, 15) is 9.59 Å². The molecule has 1 aromatic heterocycles. The minimum Gasteiger partial charge on any atom is -0.319 e. The molecule has 0 saturated carbocycles. The molecular formula is C21H19N3O2S. The maximum Gasteiger partial charge on any atom is 0.325 e. The van der Waals surface area contributed by atoms with Crippen LogP contribution in [0.4, 0.5) is 4.79 Å². The van der Waals surface area contributed by atoms with Gasteiger partial charge in [-0.3, -0.25) is 9.69 Å². The van der Waals surface area contributed by atoms with E-state index in [1.807, 2.05) is 66.9 Å². The number of thiazole rings is 1. The Morgan fingerprint density at radius 2 is 1.78 bits per heavy atom. The molecule has 1 unspecified atom stereocenters. The molecule has 4 rings (SSSR count). The Morgan fingerprint density at radius 3 is 2.48 bits per heavy atom. The molecule has 1 N–H and O–H groups in total.